The van der Waals surface area contributed by atoms with Gasteiger partial charge in [0.2, 0.25) is 0 Å². The average molecular weight is 516 g/mol. The van der Waals surface area contributed by atoms with Crippen molar-refractivity contribution in [2.45, 2.75) is 49.4 Å². The van der Waals surface area contributed by atoms with E-state index in [1.807, 2.05) is 36.4 Å². The van der Waals surface area contributed by atoms with Gasteiger partial charge in [0.25, 0.3) is 0 Å². The molecule has 0 amide bonds. The molecule has 5 nitrogen and oxygen atoms in total. The van der Waals surface area contributed by atoms with Crippen molar-refractivity contribution in [1.82, 2.24) is 14.9 Å². The Morgan fingerprint density at radius 1 is 1.16 bits per heavy atom. The minimum atomic E-state index is 0.704. The van der Waals surface area contributed by atoms with Crippen LogP contribution in [0, 0.1) is 0 Å². The van der Waals surface area contributed by atoms with E-state index in [2.05, 4.69) is 39.1 Å². The maximum atomic E-state index is 5.54. The van der Waals surface area contributed by atoms with Gasteiger partial charge in [-0.1, -0.05) is 46.2 Å². The molecule has 32 heavy (non-hydrogen) atoms. The lowest BCUT2D eigenvalue weighted by molar-refractivity contribution is 0.160. The van der Waals surface area contributed by atoms with Gasteiger partial charge in [-0.25, -0.2) is 9.97 Å². The van der Waals surface area contributed by atoms with Crippen molar-refractivity contribution >= 4 is 44.5 Å². The monoisotopic (exact) mass is 514 g/mol. The van der Waals surface area contributed by atoms with Crippen LogP contribution < -0.4 is 10.1 Å². The van der Waals surface area contributed by atoms with Gasteiger partial charge in [0.15, 0.2) is 5.82 Å². The quantitative estimate of drug-likeness (QED) is 0.264. The SMILES string of the molecule is COc1ccc(Br)cc1CSc1nc2ccccc2nc1NCCCN1CCCCC1C. The van der Waals surface area contributed by atoms with Crippen molar-refractivity contribution in [3.63, 3.8) is 0 Å². The molecule has 0 aliphatic carbocycles. The highest BCUT2D eigenvalue weighted by atomic mass is 79.9. The van der Waals surface area contributed by atoms with Crippen molar-refractivity contribution in [3.05, 3.63) is 52.5 Å². The molecule has 0 bridgehead atoms. The van der Waals surface area contributed by atoms with Gasteiger partial charge >= 0.3 is 0 Å². The van der Waals surface area contributed by atoms with E-state index < -0.39 is 0 Å². The zero-order valence-electron chi connectivity index (χ0n) is 18.8. The predicted molar refractivity (Wildman–Crippen MR) is 138 cm³/mol. The number of aromatic nitrogens is 2. The Bertz CT molecular complexity index is 1050. The Kier molecular flexibility index (Phi) is 8.27. The topological polar surface area (TPSA) is 50.3 Å². The summed E-state index contributed by atoms with van der Waals surface area (Å²) in [5.41, 5.74) is 2.97. The van der Waals surface area contributed by atoms with Crippen LogP contribution in [-0.4, -0.2) is 47.7 Å². The number of nitrogens with zero attached hydrogens (tertiary/aromatic N) is 3. The maximum Gasteiger partial charge on any atom is 0.159 e. The number of hydrogen-bond donors (Lipinski definition) is 1. The summed E-state index contributed by atoms with van der Waals surface area (Å²) in [5, 5.41) is 4.50. The molecular weight excluding hydrogens is 484 g/mol. The fourth-order valence-corrected chi connectivity index (χ4v) is 5.53. The number of para-hydroxylation sites is 2. The number of piperidine rings is 1. The lowest BCUT2D eigenvalue weighted by Crippen LogP contribution is -2.38. The number of halogens is 1. The third kappa shape index (κ3) is 5.94. The number of thioether (sulfide) groups is 1. The summed E-state index contributed by atoms with van der Waals surface area (Å²) in [6, 6.07) is 14.9. The zero-order valence-corrected chi connectivity index (χ0v) is 21.2. The third-order valence-corrected chi connectivity index (χ3v) is 7.51. The molecule has 3 aromatic rings. The lowest BCUT2D eigenvalue weighted by Gasteiger charge is -2.33. The van der Waals surface area contributed by atoms with E-state index in [0.717, 1.165) is 62.9 Å². The van der Waals surface area contributed by atoms with Crippen LogP contribution in [0.4, 0.5) is 5.82 Å². The second kappa shape index (κ2) is 11.3. The van der Waals surface area contributed by atoms with Gasteiger partial charge in [0, 0.05) is 34.9 Å². The van der Waals surface area contributed by atoms with Crippen LogP contribution in [0.1, 0.15) is 38.2 Å². The minimum Gasteiger partial charge on any atom is -0.496 e. The number of rotatable bonds is 9. The summed E-state index contributed by atoms with van der Waals surface area (Å²) in [6.07, 6.45) is 5.12. The summed E-state index contributed by atoms with van der Waals surface area (Å²) in [7, 11) is 1.71. The third-order valence-electron chi connectivity index (χ3n) is 6.00. The number of benzene rings is 2. The van der Waals surface area contributed by atoms with E-state index in [1.54, 1.807) is 18.9 Å². The van der Waals surface area contributed by atoms with E-state index in [9.17, 15) is 0 Å². The second-order valence-electron chi connectivity index (χ2n) is 8.27. The number of fused-ring (bicyclic) bond motifs is 1. The summed E-state index contributed by atoms with van der Waals surface area (Å²) >= 11 is 5.26. The molecule has 1 unspecified atom stereocenters. The van der Waals surface area contributed by atoms with Gasteiger partial charge in [-0.2, -0.15) is 0 Å². The highest BCUT2D eigenvalue weighted by molar-refractivity contribution is 9.10. The first-order chi connectivity index (χ1) is 15.6. The van der Waals surface area contributed by atoms with Crippen LogP contribution in [0.15, 0.2) is 52.0 Å². The summed E-state index contributed by atoms with van der Waals surface area (Å²) in [6.45, 7) is 5.61. The molecule has 1 saturated heterocycles. The van der Waals surface area contributed by atoms with Crippen LogP contribution in [0.5, 0.6) is 5.75 Å². The second-order valence-corrected chi connectivity index (χ2v) is 10.2. The molecule has 1 aliphatic rings. The molecule has 1 aromatic heterocycles. The fourth-order valence-electron chi connectivity index (χ4n) is 4.18. The van der Waals surface area contributed by atoms with E-state index in [0.29, 0.717) is 6.04 Å². The average Bonchev–Trinajstić information content (AvgIpc) is 2.81. The fraction of sp³-hybridized carbons (Fsp3) is 0.440. The van der Waals surface area contributed by atoms with Gasteiger partial charge in [0.1, 0.15) is 10.8 Å². The first kappa shape index (κ1) is 23.3. The van der Waals surface area contributed by atoms with Crippen LogP contribution in [0.2, 0.25) is 0 Å². The van der Waals surface area contributed by atoms with Crippen molar-refractivity contribution in [3.8, 4) is 5.75 Å². The Morgan fingerprint density at radius 2 is 1.97 bits per heavy atom. The van der Waals surface area contributed by atoms with Crippen LogP contribution in [0.25, 0.3) is 11.0 Å². The number of likely N-dealkylation sites (tertiary alicyclic amines) is 1. The first-order valence-corrected chi connectivity index (χ1v) is 13.1. The summed E-state index contributed by atoms with van der Waals surface area (Å²) in [5.74, 6) is 2.52. The molecule has 4 rings (SSSR count). The van der Waals surface area contributed by atoms with E-state index in [4.69, 9.17) is 14.7 Å². The molecule has 1 aliphatic heterocycles. The van der Waals surface area contributed by atoms with Crippen molar-refractivity contribution in [2.24, 2.45) is 0 Å². The molecule has 0 radical (unpaired) electrons. The first-order valence-electron chi connectivity index (χ1n) is 11.3. The van der Waals surface area contributed by atoms with E-state index in [-0.39, 0.29) is 0 Å². The molecule has 0 spiro atoms. The molecule has 170 valence electrons. The Balaban J connectivity index is 1.46. The molecule has 1 atom stereocenters. The number of hydrogen-bond acceptors (Lipinski definition) is 6. The van der Waals surface area contributed by atoms with E-state index >= 15 is 0 Å². The molecule has 2 heterocycles. The lowest BCUT2D eigenvalue weighted by atomic mass is 10.0. The van der Waals surface area contributed by atoms with Crippen molar-refractivity contribution in [1.29, 1.82) is 0 Å². The van der Waals surface area contributed by atoms with Gasteiger partial charge in [-0.15, -0.1) is 0 Å². The smallest absolute Gasteiger partial charge is 0.159 e. The summed E-state index contributed by atoms with van der Waals surface area (Å²) < 4.78 is 6.59. The zero-order chi connectivity index (χ0) is 22.3. The normalized spacial score (nSPS) is 16.9. The van der Waals surface area contributed by atoms with Crippen molar-refractivity contribution < 1.29 is 4.74 Å². The largest absolute Gasteiger partial charge is 0.496 e. The molecule has 1 N–H and O–H groups in total. The molecule has 7 heteroatoms. The number of ether oxygens (including phenoxy) is 1. The molecule has 1 fully saturated rings. The molecular formula is C25H31BrN4OS. The van der Waals surface area contributed by atoms with Crippen LogP contribution in [0.3, 0.4) is 0 Å². The Hall–Kier alpha value is -1.83. The van der Waals surface area contributed by atoms with Gasteiger partial charge < -0.3 is 15.0 Å². The maximum absolute atomic E-state index is 5.54. The number of nitrogens with one attached hydrogen (secondary N) is 1. The number of methoxy groups -OCH3 is 1. The Morgan fingerprint density at radius 3 is 2.75 bits per heavy atom. The van der Waals surface area contributed by atoms with Gasteiger partial charge in [-0.3, -0.25) is 0 Å². The summed E-state index contributed by atoms with van der Waals surface area (Å²) in [4.78, 5) is 12.4. The van der Waals surface area contributed by atoms with Crippen LogP contribution in [-0.2, 0) is 5.75 Å². The van der Waals surface area contributed by atoms with Crippen molar-refractivity contribution in [2.75, 3.05) is 32.1 Å². The van der Waals surface area contributed by atoms with Crippen LogP contribution >= 0.6 is 27.7 Å². The predicted octanol–water partition coefficient (Wildman–Crippen LogP) is 6.37. The highest BCUT2D eigenvalue weighted by Gasteiger charge is 2.17. The van der Waals surface area contributed by atoms with Gasteiger partial charge in [-0.05, 0) is 63.1 Å². The highest BCUT2D eigenvalue weighted by Crippen LogP contribution is 2.33. The molecule has 2 aromatic carbocycles. The molecule has 0 saturated carbocycles. The standard InChI is InChI=1S/C25H31BrN4OS/c1-18-8-5-6-14-30(18)15-7-13-27-24-25(29-22-10-4-3-9-21(22)28-24)32-17-19-16-20(26)11-12-23(19)31-2/h3-4,9-12,16,18H,5-8,13-15,17H2,1-2H3,(H,27,28). The number of anilines is 1. The minimum absolute atomic E-state index is 0.704. The Labute approximate surface area is 203 Å². The van der Waals surface area contributed by atoms with Gasteiger partial charge in [0.05, 0.1) is 18.1 Å². The van der Waals surface area contributed by atoms with E-state index in [1.165, 1.54) is 25.8 Å².